The number of ether oxygens (including phenoxy) is 2. The normalized spacial score (nSPS) is 16.4. The third-order valence-corrected chi connectivity index (χ3v) is 6.93. The zero-order valence-corrected chi connectivity index (χ0v) is 19.8. The Labute approximate surface area is 204 Å². The van der Waals surface area contributed by atoms with Crippen LogP contribution in [0.3, 0.4) is 0 Å². The van der Waals surface area contributed by atoms with E-state index in [9.17, 15) is 9.59 Å². The molecule has 5 rings (SSSR count). The summed E-state index contributed by atoms with van der Waals surface area (Å²) in [5.74, 6) is -1.20. The lowest BCUT2D eigenvalue weighted by molar-refractivity contribution is -0.171. The van der Waals surface area contributed by atoms with Crippen molar-refractivity contribution in [2.75, 3.05) is 19.1 Å². The predicted octanol–water partition coefficient (Wildman–Crippen LogP) is 5.48. The molecule has 1 aliphatic heterocycles. The molecule has 0 bridgehead atoms. The lowest BCUT2D eigenvalue weighted by Crippen LogP contribution is -2.56. The highest BCUT2D eigenvalue weighted by Crippen LogP contribution is 2.53. The van der Waals surface area contributed by atoms with Crippen LogP contribution in [0, 0.1) is 5.41 Å². The van der Waals surface area contributed by atoms with Gasteiger partial charge in [-0.25, -0.2) is 0 Å². The standard InChI is InChI=1S/C30H27NO4/c1-34-28(32)30(29(33)35-2)19-24-18-17-22-13-9-10-16-25(22)26(24)31(20-21-11-5-3-6-12-21)27(30)23-14-7-4-8-15-23/h3-18,27H,19-20H2,1-2H3/t27-/m0/s1. The summed E-state index contributed by atoms with van der Waals surface area (Å²) in [5.41, 5.74) is 2.26. The monoisotopic (exact) mass is 465 g/mol. The Hall–Kier alpha value is -4.12. The summed E-state index contributed by atoms with van der Waals surface area (Å²) < 4.78 is 10.6. The molecule has 0 saturated heterocycles. The maximum absolute atomic E-state index is 13.6. The molecule has 5 nitrogen and oxygen atoms in total. The van der Waals surface area contributed by atoms with E-state index in [0.717, 1.165) is 33.2 Å². The Morgan fingerprint density at radius 2 is 1.40 bits per heavy atom. The Balaban J connectivity index is 1.86. The lowest BCUT2D eigenvalue weighted by atomic mass is 9.68. The van der Waals surface area contributed by atoms with Gasteiger partial charge in [0.05, 0.1) is 20.3 Å². The van der Waals surface area contributed by atoms with Crippen molar-refractivity contribution in [1.29, 1.82) is 0 Å². The van der Waals surface area contributed by atoms with Gasteiger partial charge in [-0.3, -0.25) is 9.59 Å². The van der Waals surface area contributed by atoms with E-state index in [-0.39, 0.29) is 6.42 Å². The predicted molar refractivity (Wildman–Crippen MR) is 136 cm³/mol. The molecular formula is C30H27NO4. The summed E-state index contributed by atoms with van der Waals surface area (Å²) in [6, 6.07) is 31.4. The number of methoxy groups -OCH3 is 2. The molecule has 1 atom stereocenters. The van der Waals surface area contributed by atoms with Crippen LogP contribution in [0.25, 0.3) is 10.8 Å². The van der Waals surface area contributed by atoms with E-state index in [4.69, 9.17) is 9.47 Å². The van der Waals surface area contributed by atoms with E-state index in [0.29, 0.717) is 6.54 Å². The molecule has 0 aliphatic carbocycles. The molecule has 0 aromatic heterocycles. The van der Waals surface area contributed by atoms with Crippen LogP contribution in [0.1, 0.15) is 22.7 Å². The molecule has 4 aromatic rings. The van der Waals surface area contributed by atoms with Crippen LogP contribution in [0.4, 0.5) is 5.69 Å². The first-order valence-electron chi connectivity index (χ1n) is 11.6. The zero-order chi connectivity index (χ0) is 24.4. The van der Waals surface area contributed by atoms with Crippen molar-refractivity contribution in [3.63, 3.8) is 0 Å². The van der Waals surface area contributed by atoms with Crippen LogP contribution in [0.15, 0.2) is 97.1 Å². The minimum absolute atomic E-state index is 0.178. The minimum Gasteiger partial charge on any atom is -0.468 e. The van der Waals surface area contributed by atoms with E-state index in [1.54, 1.807) is 0 Å². The third-order valence-electron chi connectivity index (χ3n) is 6.93. The first-order chi connectivity index (χ1) is 17.1. The summed E-state index contributed by atoms with van der Waals surface area (Å²) >= 11 is 0. The van der Waals surface area contributed by atoms with Gasteiger partial charge in [0.1, 0.15) is 0 Å². The fraction of sp³-hybridized carbons (Fsp3) is 0.200. The highest BCUT2D eigenvalue weighted by atomic mass is 16.5. The zero-order valence-electron chi connectivity index (χ0n) is 19.8. The quantitative estimate of drug-likeness (QED) is 0.289. The molecule has 5 heteroatoms. The number of hydrogen-bond donors (Lipinski definition) is 0. The smallest absolute Gasteiger partial charge is 0.326 e. The molecule has 4 aromatic carbocycles. The summed E-state index contributed by atoms with van der Waals surface area (Å²) in [6.45, 7) is 0.497. The molecule has 35 heavy (non-hydrogen) atoms. The SMILES string of the molecule is COC(=O)C1(C(=O)OC)Cc2ccc3ccccc3c2N(Cc2ccccc2)[C@H]1c1ccccc1. The Kier molecular flexibility index (Phi) is 6.00. The Morgan fingerprint density at radius 1 is 0.800 bits per heavy atom. The summed E-state index contributed by atoms with van der Waals surface area (Å²) in [4.78, 5) is 29.4. The number of esters is 2. The number of rotatable bonds is 5. The van der Waals surface area contributed by atoms with Gasteiger partial charge in [0.25, 0.3) is 0 Å². The Bertz CT molecular complexity index is 1350. The second-order valence-electron chi connectivity index (χ2n) is 8.85. The average Bonchev–Trinajstić information content (AvgIpc) is 2.92. The van der Waals surface area contributed by atoms with Gasteiger partial charge in [0.2, 0.25) is 0 Å². The largest absolute Gasteiger partial charge is 0.468 e. The summed E-state index contributed by atoms with van der Waals surface area (Å²) in [7, 11) is 2.65. The fourth-order valence-electron chi connectivity index (χ4n) is 5.44. The first kappa shape index (κ1) is 22.7. The molecule has 176 valence electrons. The molecule has 0 radical (unpaired) electrons. The summed E-state index contributed by atoms with van der Waals surface area (Å²) in [5, 5.41) is 2.17. The van der Waals surface area contributed by atoms with Crippen molar-refractivity contribution in [1.82, 2.24) is 0 Å². The topological polar surface area (TPSA) is 55.8 Å². The lowest BCUT2D eigenvalue weighted by Gasteiger charge is -2.48. The Morgan fingerprint density at radius 3 is 2.06 bits per heavy atom. The second kappa shape index (κ2) is 9.26. The van der Waals surface area contributed by atoms with E-state index in [2.05, 4.69) is 29.2 Å². The highest BCUT2D eigenvalue weighted by molar-refractivity contribution is 6.05. The van der Waals surface area contributed by atoms with E-state index in [1.165, 1.54) is 14.2 Å². The van der Waals surface area contributed by atoms with E-state index in [1.807, 2.05) is 72.8 Å². The molecule has 0 spiro atoms. The molecule has 0 saturated carbocycles. The molecular weight excluding hydrogens is 438 g/mol. The van der Waals surface area contributed by atoms with Crippen LogP contribution in [0.2, 0.25) is 0 Å². The van der Waals surface area contributed by atoms with Crippen molar-refractivity contribution < 1.29 is 19.1 Å². The van der Waals surface area contributed by atoms with Crippen molar-refractivity contribution in [3.8, 4) is 0 Å². The van der Waals surface area contributed by atoms with Crippen LogP contribution in [-0.2, 0) is 32.0 Å². The van der Waals surface area contributed by atoms with Crippen molar-refractivity contribution in [2.24, 2.45) is 5.41 Å². The van der Waals surface area contributed by atoms with Crippen molar-refractivity contribution in [2.45, 2.75) is 19.0 Å². The molecule has 1 heterocycles. The molecule has 0 N–H and O–H groups in total. The van der Waals surface area contributed by atoms with Crippen LogP contribution in [0.5, 0.6) is 0 Å². The summed E-state index contributed by atoms with van der Waals surface area (Å²) in [6.07, 6.45) is 0.178. The van der Waals surface area contributed by atoms with Crippen LogP contribution in [-0.4, -0.2) is 26.2 Å². The first-order valence-corrected chi connectivity index (χ1v) is 11.6. The number of anilines is 1. The van der Waals surface area contributed by atoms with Gasteiger partial charge in [-0.1, -0.05) is 97.1 Å². The molecule has 0 fully saturated rings. The van der Waals surface area contributed by atoms with E-state index >= 15 is 0 Å². The third kappa shape index (κ3) is 3.73. The van der Waals surface area contributed by atoms with Gasteiger partial charge >= 0.3 is 11.9 Å². The molecule has 0 amide bonds. The van der Waals surface area contributed by atoms with Crippen LogP contribution < -0.4 is 4.90 Å². The van der Waals surface area contributed by atoms with Gasteiger partial charge in [-0.05, 0) is 22.1 Å². The fourth-order valence-corrected chi connectivity index (χ4v) is 5.44. The second-order valence-corrected chi connectivity index (χ2v) is 8.85. The molecule has 0 unspecified atom stereocenters. The number of nitrogens with zero attached hydrogens (tertiary/aromatic N) is 1. The number of hydrogen-bond acceptors (Lipinski definition) is 5. The van der Waals surface area contributed by atoms with Gasteiger partial charge in [0, 0.05) is 24.0 Å². The van der Waals surface area contributed by atoms with Gasteiger partial charge in [-0.2, -0.15) is 0 Å². The van der Waals surface area contributed by atoms with Crippen molar-refractivity contribution in [3.05, 3.63) is 114 Å². The van der Waals surface area contributed by atoms with Crippen LogP contribution >= 0.6 is 0 Å². The van der Waals surface area contributed by atoms with Gasteiger partial charge < -0.3 is 14.4 Å². The van der Waals surface area contributed by atoms with Crippen molar-refractivity contribution >= 4 is 28.4 Å². The molecule has 1 aliphatic rings. The maximum Gasteiger partial charge on any atom is 0.326 e. The van der Waals surface area contributed by atoms with Gasteiger partial charge in [0.15, 0.2) is 5.41 Å². The number of fused-ring (bicyclic) bond motifs is 3. The number of carbonyl (C=O) groups is 2. The maximum atomic E-state index is 13.6. The average molecular weight is 466 g/mol. The van der Waals surface area contributed by atoms with Gasteiger partial charge in [-0.15, -0.1) is 0 Å². The minimum atomic E-state index is -1.57. The number of carbonyl (C=O) groups excluding carboxylic acids is 2. The highest BCUT2D eigenvalue weighted by Gasteiger charge is 2.60. The van der Waals surface area contributed by atoms with E-state index < -0.39 is 23.4 Å². The number of benzene rings is 4.